The van der Waals surface area contributed by atoms with Crippen molar-refractivity contribution in [3.05, 3.63) is 24.0 Å². The van der Waals surface area contributed by atoms with Crippen LogP contribution >= 0.6 is 0 Å². The lowest BCUT2D eigenvalue weighted by Crippen LogP contribution is -2.25. The predicted molar refractivity (Wildman–Crippen MR) is 42.5 cm³/mol. The second-order valence-corrected chi connectivity index (χ2v) is 4.12. The van der Waals surface area contributed by atoms with E-state index in [1.165, 1.54) is 12.2 Å². The Kier molecular flexibility index (Phi) is 2.89. The molecule has 0 fully saturated rings. The molecule has 1 aliphatic rings. The van der Waals surface area contributed by atoms with Gasteiger partial charge in [-0.1, -0.05) is 12.2 Å². The van der Waals surface area contributed by atoms with E-state index in [1.807, 2.05) is 0 Å². The van der Waals surface area contributed by atoms with Gasteiger partial charge in [-0.25, -0.2) is 0 Å². The Morgan fingerprint density at radius 3 is 2.43 bits per heavy atom. The monoisotopic (exact) mass is 228 g/mol. The van der Waals surface area contributed by atoms with Gasteiger partial charge in [0, 0.05) is 6.42 Å². The van der Waals surface area contributed by atoms with E-state index in [2.05, 4.69) is 4.18 Å². The van der Waals surface area contributed by atoms with Gasteiger partial charge >= 0.3 is 15.6 Å². The molecule has 0 saturated carbocycles. The van der Waals surface area contributed by atoms with Crippen LogP contribution in [0.15, 0.2) is 24.0 Å². The lowest BCUT2D eigenvalue weighted by molar-refractivity contribution is -0.0523. The van der Waals surface area contributed by atoms with Crippen LogP contribution in [-0.2, 0) is 14.3 Å². The van der Waals surface area contributed by atoms with Crippen LogP contribution < -0.4 is 0 Å². The Morgan fingerprint density at radius 2 is 2.00 bits per heavy atom. The number of allylic oxidation sites excluding steroid dienone is 4. The molecule has 0 aliphatic heterocycles. The predicted octanol–water partition coefficient (Wildman–Crippen LogP) is 2.09. The van der Waals surface area contributed by atoms with Crippen molar-refractivity contribution >= 4 is 10.1 Å². The van der Waals surface area contributed by atoms with Crippen molar-refractivity contribution in [1.29, 1.82) is 0 Å². The van der Waals surface area contributed by atoms with E-state index in [4.69, 9.17) is 0 Å². The van der Waals surface area contributed by atoms with Crippen molar-refractivity contribution in [1.82, 2.24) is 0 Å². The second-order valence-electron chi connectivity index (χ2n) is 2.58. The van der Waals surface area contributed by atoms with E-state index < -0.39 is 15.6 Å². The first-order valence-electron chi connectivity index (χ1n) is 3.69. The maximum atomic E-state index is 11.8. The Labute approximate surface area is 79.0 Å². The molecule has 0 atom stereocenters. The molecule has 3 nitrogen and oxygen atoms in total. The van der Waals surface area contributed by atoms with Gasteiger partial charge in [-0.05, 0) is 12.5 Å². The van der Waals surface area contributed by atoms with Gasteiger partial charge in [-0.3, -0.25) is 0 Å². The summed E-state index contributed by atoms with van der Waals surface area (Å²) in [6, 6.07) is 0. The SMILES string of the molecule is O=S(=O)(OC1=CC=CCC1)C(F)(F)F. The molecular formula is C7H7F3O3S. The van der Waals surface area contributed by atoms with Crippen LogP contribution in [0.2, 0.25) is 0 Å². The molecule has 7 heteroatoms. The van der Waals surface area contributed by atoms with E-state index in [-0.39, 0.29) is 12.2 Å². The molecule has 0 aromatic rings. The van der Waals surface area contributed by atoms with Crippen molar-refractivity contribution < 1.29 is 25.8 Å². The van der Waals surface area contributed by atoms with Crippen molar-refractivity contribution in [2.24, 2.45) is 0 Å². The fraction of sp³-hybridized carbons (Fsp3) is 0.429. The smallest absolute Gasteiger partial charge is 0.381 e. The van der Waals surface area contributed by atoms with Crippen molar-refractivity contribution in [3.63, 3.8) is 0 Å². The molecule has 0 N–H and O–H groups in total. The maximum Gasteiger partial charge on any atom is 0.534 e. The van der Waals surface area contributed by atoms with Crippen LogP contribution in [-0.4, -0.2) is 13.9 Å². The topological polar surface area (TPSA) is 43.4 Å². The molecule has 80 valence electrons. The van der Waals surface area contributed by atoms with Crippen molar-refractivity contribution in [2.75, 3.05) is 0 Å². The first-order chi connectivity index (χ1) is 6.33. The molecule has 0 radical (unpaired) electrons. The third kappa shape index (κ3) is 2.50. The summed E-state index contributed by atoms with van der Waals surface area (Å²) in [6.45, 7) is 0. The molecule has 0 bridgehead atoms. The Bertz CT molecular complexity index is 364. The van der Waals surface area contributed by atoms with Gasteiger partial charge in [-0.2, -0.15) is 21.6 Å². The lowest BCUT2D eigenvalue weighted by Gasteiger charge is -2.12. The molecular weight excluding hydrogens is 221 g/mol. The van der Waals surface area contributed by atoms with Crippen LogP contribution in [0.4, 0.5) is 13.2 Å². The summed E-state index contributed by atoms with van der Waals surface area (Å²) in [6.07, 6.45) is 4.98. The minimum atomic E-state index is -5.50. The van der Waals surface area contributed by atoms with Crippen LogP contribution in [0.3, 0.4) is 0 Å². The molecule has 0 saturated heterocycles. The van der Waals surface area contributed by atoms with Gasteiger partial charge in [-0.15, -0.1) is 0 Å². The molecule has 0 aromatic heterocycles. The molecule has 1 rings (SSSR count). The summed E-state index contributed by atoms with van der Waals surface area (Å²) in [5, 5.41) is 0. The normalized spacial score (nSPS) is 17.8. The van der Waals surface area contributed by atoms with Gasteiger partial charge in [0.25, 0.3) is 0 Å². The first kappa shape index (κ1) is 11.1. The van der Waals surface area contributed by atoms with Gasteiger partial charge in [0.15, 0.2) is 0 Å². The van der Waals surface area contributed by atoms with E-state index in [0.29, 0.717) is 6.42 Å². The van der Waals surface area contributed by atoms with E-state index in [0.717, 1.165) is 0 Å². The largest absolute Gasteiger partial charge is 0.534 e. The van der Waals surface area contributed by atoms with Crippen molar-refractivity contribution in [3.8, 4) is 0 Å². The number of hydrogen-bond donors (Lipinski definition) is 0. The highest BCUT2D eigenvalue weighted by Crippen LogP contribution is 2.28. The third-order valence-corrected chi connectivity index (χ3v) is 2.48. The third-order valence-electron chi connectivity index (χ3n) is 1.48. The Morgan fingerprint density at radius 1 is 1.36 bits per heavy atom. The van der Waals surface area contributed by atoms with E-state index in [1.54, 1.807) is 6.08 Å². The standard InChI is InChI=1S/C7H7F3O3S/c8-7(9,10)14(11,12)13-6-4-2-1-3-5-6/h1-2,4H,3,5H2. The quantitative estimate of drug-likeness (QED) is 0.537. The van der Waals surface area contributed by atoms with Gasteiger partial charge < -0.3 is 4.18 Å². The summed E-state index contributed by atoms with van der Waals surface area (Å²) in [5.74, 6) is -0.190. The lowest BCUT2D eigenvalue weighted by atomic mass is 10.2. The zero-order valence-electron chi connectivity index (χ0n) is 6.91. The fourth-order valence-corrected chi connectivity index (χ4v) is 1.35. The van der Waals surface area contributed by atoms with E-state index >= 15 is 0 Å². The molecule has 0 heterocycles. The summed E-state index contributed by atoms with van der Waals surface area (Å²) < 4.78 is 60.4. The number of halogens is 3. The van der Waals surface area contributed by atoms with Crippen LogP contribution in [0.25, 0.3) is 0 Å². The molecule has 1 aliphatic carbocycles. The highest BCUT2D eigenvalue weighted by Gasteiger charge is 2.48. The number of hydrogen-bond acceptors (Lipinski definition) is 3. The van der Waals surface area contributed by atoms with Gasteiger partial charge in [0.1, 0.15) is 5.76 Å². The van der Waals surface area contributed by atoms with Crippen molar-refractivity contribution in [2.45, 2.75) is 18.3 Å². The van der Waals surface area contributed by atoms with Crippen LogP contribution in [0.1, 0.15) is 12.8 Å². The summed E-state index contributed by atoms with van der Waals surface area (Å²) >= 11 is 0. The van der Waals surface area contributed by atoms with Gasteiger partial charge in [0.05, 0.1) is 0 Å². The zero-order chi connectivity index (χ0) is 10.8. The summed E-state index contributed by atoms with van der Waals surface area (Å²) in [7, 11) is -5.50. The first-order valence-corrected chi connectivity index (χ1v) is 5.10. The van der Waals surface area contributed by atoms with Crippen LogP contribution in [0, 0.1) is 0 Å². The summed E-state index contributed by atoms with van der Waals surface area (Å²) in [4.78, 5) is 0. The highest BCUT2D eigenvalue weighted by molar-refractivity contribution is 7.87. The molecule has 14 heavy (non-hydrogen) atoms. The van der Waals surface area contributed by atoms with Crippen LogP contribution in [0.5, 0.6) is 0 Å². The molecule has 0 amide bonds. The van der Waals surface area contributed by atoms with E-state index in [9.17, 15) is 21.6 Å². The maximum absolute atomic E-state index is 11.8. The zero-order valence-corrected chi connectivity index (χ0v) is 7.73. The minimum Gasteiger partial charge on any atom is -0.381 e. The Balaban J connectivity index is 2.79. The summed E-state index contributed by atoms with van der Waals surface area (Å²) in [5.41, 5.74) is -5.37. The molecule has 0 spiro atoms. The molecule has 0 unspecified atom stereocenters. The average Bonchev–Trinajstić information content (AvgIpc) is 2.03. The Hall–Kier alpha value is -0.980. The number of rotatable bonds is 2. The second kappa shape index (κ2) is 3.64. The average molecular weight is 228 g/mol. The fourth-order valence-electron chi connectivity index (χ4n) is 0.838. The molecule has 0 aromatic carbocycles. The highest BCUT2D eigenvalue weighted by atomic mass is 32.2. The number of alkyl halides is 3. The van der Waals surface area contributed by atoms with Gasteiger partial charge in [0.2, 0.25) is 0 Å². The minimum absolute atomic E-state index is 0.159.